The molecule has 1 heterocycles. The fraction of sp³-hybridized carbons (Fsp3) is 0.154. The van der Waals surface area contributed by atoms with Crippen LogP contribution in [0.1, 0.15) is 21.5 Å². The van der Waals surface area contributed by atoms with Gasteiger partial charge in [-0.15, -0.1) is 0 Å². The maximum absolute atomic E-state index is 13.0. The van der Waals surface area contributed by atoms with Gasteiger partial charge in [0.15, 0.2) is 0 Å². The van der Waals surface area contributed by atoms with Crippen LogP contribution in [-0.2, 0) is 16.0 Å². The minimum atomic E-state index is -0.911. The molecule has 0 spiro atoms. The van der Waals surface area contributed by atoms with Crippen molar-refractivity contribution in [2.45, 2.75) is 12.5 Å². The van der Waals surface area contributed by atoms with Gasteiger partial charge in [-0.25, -0.2) is 5.48 Å². The van der Waals surface area contributed by atoms with Gasteiger partial charge >= 0.3 is 0 Å². The number of ether oxygens (including phenoxy) is 2. The molecule has 3 rings (SSSR count). The molecule has 1 atom stereocenters. The van der Waals surface area contributed by atoms with Crippen molar-refractivity contribution in [1.29, 1.82) is 0 Å². The number of nitrogens with one attached hydrogen (secondary N) is 3. The SMILES string of the molecule is COc1cc(/C=C/C(=O)N[C@@H](Cc2cccnc2)C(=O)Nc2ccc(C(=O)NO)cc2)cc(OC)c1. The van der Waals surface area contributed by atoms with Gasteiger partial charge in [0.2, 0.25) is 11.8 Å². The normalized spacial score (nSPS) is 11.4. The highest BCUT2D eigenvalue weighted by Crippen LogP contribution is 2.23. The summed E-state index contributed by atoms with van der Waals surface area (Å²) in [6.45, 7) is 0. The first-order chi connectivity index (χ1) is 17.4. The van der Waals surface area contributed by atoms with Gasteiger partial charge in [-0.2, -0.15) is 0 Å². The molecule has 3 amide bonds. The molecule has 0 fully saturated rings. The number of anilines is 1. The Kier molecular flexibility index (Phi) is 9.12. The Bertz CT molecular complexity index is 1210. The molecule has 4 N–H and O–H groups in total. The van der Waals surface area contributed by atoms with Crippen LogP contribution in [0.4, 0.5) is 5.69 Å². The van der Waals surface area contributed by atoms with E-state index in [2.05, 4.69) is 15.6 Å². The van der Waals surface area contributed by atoms with E-state index in [4.69, 9.17) is 14.7 Å². The average Bonchev–Trinajstić information content (AvgIpc) is 2.91. The Morgan fingerprint density at radius 2 is 1.72 bits per heavy atom. The van der Waals surface area contributed by atoms with E-state index in [1.807, 2.05) is 0 Å². The van der Waals surface area contributed by atoms with Crippen molar-refractivity contribution in [3.05, 3.63) is 89.8 Å². The van der Waals surface area contributed by atoms with Crippen LogP contribution < -0.4 is 25.6 Å². The number of nitrogens with zero attached hydrogens (tertiary/aromatic N) is 1. The van der Waals surface area contributed by atoms with Crippen LogP contribution in [0.15, 0.2) is 73.1 Å². The lowest BCUT2D eigenvalue weighted by molar-refractivity contribution is -0.123. The Morgan fingerprint density at radius 1 is 1.03 bits per heavy atom. The summed E-state index contributed by atoms with van der Waals surface area (Å²) < 4.78 is 10.5. The highest BCUT2D eigenvalue weighted by molar-refractivity contribution is 6.00. The third-order valence-electron chi connectivity index (χ3n) is 5.11. The van der Waals surface area contributed by atoms with Gasteiger partial charge in [0.25, 0.3) is 5.91 Å². The average molecular weight is 491 g/mol. The van der Waals surface area contributed by atoms with E-state index in [9.17, 15) is 14.4 Å². The van der Waals surface area contributed by atoms with Crippen LogP contribution >= 0.6 is 0 Å². The number of pyridine rings is 1. The number of hydroxylamine groups is 1. The topological polar surface area (TPSA) is 139 Å². The Hall–Kier alpha value is -4.70. The summed E-state index contributed by atoms with van der Waals surface area (Å²) in [7, 11) is 3.07. The number of carbonyl (C=O) groups is 3. The summed E-state index contributed by atoms with van der Waals surface area (Å²) >= 11 is 0. The van der Waals surface area contributed by atoms with E-state index in [0.717, 1.165) is 5.56 Å². The van der Waals surface area contributed by atoms with Crippen molar-refractivity contribution >= 4 is 29.5 Å². The first-order valence-corrected chi connectivity index (χ1v) is 10.9. The summed E-state index contributed by atoms with van der Waals surface area (Å²) in [5.74, 6) is -0.453. The van der Waals surface area contributed by atoms with Crippen molar-refractivity contribution in [2.24, 2.45) is 0 Å². The lowest BCUT2D eigenvalue weighted by atomic mass is 10.1. The zero-order valence-corrected chi connectivity index (χ0v) is 19.7. The molecule has 10 heteroatoms. The van der Waals surface area contributed by atoms with Crippen molar-refractivity contribution in [1.82, 2.24) is 15.8 Å². The second-order valence-corrected chi connectivity index (χ2v) is 7.61. The molecule has 0 aliphatic carbocycles. The van der Waals surface area contributed by atoms with Crippen LogP contribution in [0.2, 0.25) is 0 Å². The van der Waals surface area contributed by atoms with E-state index in [1.54, 1.807) is 54.3 Å². The van der Waals surface area contributed by atoms with Gasteiger partial charge < -0.3 is 20.1 Å². The Labute approximate surface area is 207 Å². The molecular weight excluding hydrogens is 464 g/mol. The Morgan fingerprint density at radius 3 is 2.31 bits per heavy atom. The summed E-state index contributed by atoms with van der Waals surface area (Å²) in [4.78, 5) is 41.3. The number of amides is 3. The number of hydrogen-bond acceptors (Lipinski definition) is 7. The van der Waals surface area contributed by atoms with Gasteiger partial charge in [-0.05, 0) is 59.7 Å². The van der Waals surface area contributed by atoms with E-state index in [1.165, 1.54) is 44.6 Å². The molecule has 0 unspecified atom stereocenters. The molecule has 36 heavy (non-hydrogen) atoms. The molecule has 10 nitrogen and oxygen atoms in total. The minimum Gasteiger partial charge on any atom is -0.497 e. The fourth-order valence-electron chi connectivity index (χ4n) is 3.28. The first-order valence-electron chi connectivity index (χ1n) is 10.9. The summed E-state index contributed by atoms with van der Waals surface area (Å²) in [5, 5.41) is 14.2. The van der Waals surface area contributed by atoms with Crippen LogP contribution in [0.25, 0.3) is 6.08 Å². The quantitative estimate of drug-likeness (QED) is 0.195. The molecule has 0 radical (unpaired) electrons. The standard InChI is InChI=1S/C26H26N4O6/c1-35-21-12-17(13-22(15-21)36-2)5-10-24(31)29-23(14-18-4-3-11-27-16-18)26(33)28-20-8-6-19(7-9-20)25(32)30-34/h3-13,15-16,23,34H,14H2,1-2H3,(H,28,33)(H,29,31)(H,30,32)/b10-5+/t23-/m0/s1. The predicted octanol–water partition coefficient (Wildman–Crippen LogP) is 2.60. The molecule has 0 saturated carbocycles. The maximum Gasteiger partial charge on any atom is 0.274 e. The highest BCUT2D eigenvalue weighted by Gasteiger charge is 2.21. The van der Waals surface area contributed by atoms with E-state index in [-0.39, 0.29) is 12.0 Å². The number of hydrogen-bond donors (Lipinski definition) is 4. The third-order valence-corrected chi connectivity index (χ3v) is 5.11. The van der Waals surface area contributed by atoms with E-state index in [0.29, 0.717) is 22.7 Å². The monoisotopic (exact) mass is 490 g/mol. The molecule has 0 aliphatic heterocycles. The van der Waals surface area contributed by atoms with Crippen LogP contribution in [-0.4, -0.2) is 48.2 Å². The van der Waals surface area contributed by atoms with Crippen molar-refractivity contribution < 1.29 is 29.1 Å². The second-order valence-electron chi connectivity index (χ2n) is 7.61. The van der Waals surface area contributed by atoms with E-state index >= 15 is 0 Å². The lowest BCUT2D eigenvalue weighted by Crippen LogP contribution is -2.44. The van der Waals surface area contributed by atoms with Crippen molar-refractivity contribution in [2.75, 3.05) is 19.5 Å². The van der Waals surface area contributed by atoms with Crippen molar-refractivity contribution in [3.8, 4) is 11.5 Å². The molecule has 2 aromatic carbocycles. The minimum absolute atomic E-state index is 0.206. The van der Waals surface area contributed by atoms with Crippen LogP contribution in [0.3, 0.4) is 0 Å². The maximum atomic E-state index is 13.0. The van der Waals surface area contributed by atoms with Gasteiger partial charge in [0, 0.05) is 42.2 Å². The molecular formula is C26H26N4O6. The molecule has 0 saturated heterocycles. The van der Waals surface area contributed by atoms with Crippen molar-refractivity contribution in [3.63, 3.8) is 0 Å². The fourth-order valence-corrected chi connectivity index (χ4v) is 3.28. The molecule has 0 bridgehead atoms. The van der Waals surface area contributed by atoms with Gasteiger partial charge in [-0.1, -0.05) is 6.07 Å². The predicted molar refractivity (Wildman–Crippen MR) is 133 cm³/mol. The lowest BCUT2D eigenvalue weighted by Gasteiger charge is -2.18. The van der Waals surface area contributed by atoms with Crippen LogP contribution in [0.5, 0.6) is 11.5 Å². The first kappa shape index (κ1) is 25.9. The molecule has 3 aromatic rings. The zero-order chi connectivity index (χ0) is 25.9. The number of carbonyl (C=O) groups excluding carboxylic acids is 3. The van der Waals surface area contributed by atoms with Gasteiger partial charge in [0.05, 0.1) is 14.2 Å². The second kappa shape index (κ2) is 12.7. The number of benzene rings is 2. The smallest absolute Gasteiger partial charge is 0.274 e. The number of rotatable bonds is 10. The van der Waals surface area contributed by atoms with E-state index < -0.39 is 23.8 Å². The largest absolute Gasteiger partial charge is 0.497 e. The zero-order valence-electron chi connectivity index (χ0n) is 19.7. The van der Waals surface area contributed by atoms with Crippen LogP contribution in [0, 0.1) is 0 Å². The highest BCUT2D eigenvalue weighted by atomic mass is 16.5. The summed E-state index contributed by atoms with van der Waals surface area (Å²) in [6.07, 6.45) is 6.35. The molecule has 1 aromatic heterocycles. The van der Waals surface area contributed by atoms with Gasteiger partial charge in [-0.3, -0.25) is 24.6 Å². The molecule has 186 valence electrons. The third kappa shape index (κ3) is 7.40. The molecule has 0 aliphatic rings. The number of methoxy groups -OCH3 is 2. The Balaban J connectivity index is 1.74. The number of aromatic nitrogens is 1. The summed E-state index contributed by atoms with van der Waals surface area (Å²) in [5.41, 5.74) is 3.62. The van der Waals surface area contributed by atoms with Gasteiger partial charge in [0.1, 0.15) is 17.5 Å². The summed E-state index contributed by atoms with van der Waals surface area (Å²) in [6, 6.07) is 13.8.